The minimum absolute atomic E-state index is 0.830. The smallest absolute Gasteiger partial charge is 0.162 e. The van der Waals surface area contributed by atoms with Gasteiger partial charge in [0.05, 0.1) is 9.26 Å². The highest BCUT2D eigenvalue weighted by Gasteiger charge is 2.12. The number of rotatable bonds is 5. The largest absolute Gasteiger partial charge is 0.369 e. The normalized spacial score (nSPS) is 10.6. The molecule has 2 aromatic rings. The summed E-state index contributed by atoms with van der Waals surface area (Å²) < 4.78 is 1.15. The zero-order chi connectivity index (χ0) is 13.0. The Balaban J connectivity index is 2.47. The van der Waals surface area contributed by atoms with Crippen LogP contribution in [-0.2, 0) is 6.42 Å². The standard InChI is InChI=1S/C13H16IN3S/c1-3-5-10-11(14)13(15-4-2)17-12(16-10)9-6-7-18-8-9/h6-8H,3-5H2,1-2H3,(H,15,16,17). The van der Waals surface area contributed by atoms with Crippen molar-refractivity contribution in [3.63, 3.8) is 0 Å². The third-order valence-electron chi connectivity index (χ3n) is 2.53. The Morgan fingerprint density at radius 2 is 2.17 bits per heavy atom. The maximum atomic E-state index is 4.70. The van der Waals surface area contributed by atoms with Gasteiger partial charge in [0.25, 0.3) is 0 Å². The van der Waals surface area contributed by atoms with Crippen molar-refractivity contribution in [3.8, 4) is 11.4 Å². The van der Waals surface area contributed by atoms with Crippen molar-refractivity contribution in [2.75, 3.05) is 11.9 Å². The van der Waals surface area contributed by atoms with E-state index in [2.05, 4.69) is 63.6 Å². The zero-order valence-electron chi connectivity index (χ0n) is 10.5. The number of thiophene rings is 1. The molecule has 1 N–H and O–H groups in total. The number of nitrogens with one attached hydrogen (secondary N) is 1. The zero-order valence-corrected chi connectivity index (χ0v) is 13.5. The quantitative estimate of drug-likeness (QED) is 0.799. The summed E-state index contributed by atoms with van der Waals surface area (Å²) in [6, 6.07) is 2.07. The van der Waals surface area contributed by atoms with E-state index in [1.165, 1.54) is 0 Å². The number of hydrogen-bond donors (Lipinski definition) is 1. The van der Waals surface area contributed by atoms with Crippen LogP contribution < -0.4 is 5.32 Å². The van der Waals surface area contributed by atoms with Crippen molar-refractivity contribution in [1.82, 2.24) is 9.97 Å². The Morgan fingerprint density at radius 3 is 2.78 bits per heavy atom. The summed E-state index contributed by atoms with van der Waals surface area (Å²) in [5.41, 5.74) is 2.25. The van der Waals surface area contributed by atoms with E-state index in [0.29, 0.717) is 0 Å². The van der Waals surface area contributed by atoms with E-state index >= 15 is 0 Å². The van der Waals surface area contributed by atoms with Crippen molar-refractivity contribution >= 4 is 39.7 Å². The van der Waals surface area contributed by atoms with Crippen LogP contribution in [0.2, 0.25) is 0 Å². The maximum Gasteiger partial charge on any atom is 0.162 e. The molecule has 0 bridgehead atoms. The number of hydrogen-bond acceptors (Lipinski definition) is 4. The molecular weight excluding hydrogens is 357 g/mol. The van der Waals surface area contributed by atoms with Crippen LogP contribution in [0, 0.1) is 3.57 Å². The third-order valence-corrected chi connectivity index (χ3v) is 4.35. The molecule has 96 valence electrons. The predicted octanol–water partition coefficient (Wildman–Crippen LogP) is 4.19. The van der Waals surface area contributed by atoms with Gasteiger partial charge in [-0.05, 0) is 47.4 Å². The SMILES string of the molecule is CCCc1nc(-c2ccsc2)nc(NCC)c1I. The molecule has 0 radical (unpaired) electrons. The molecule has 0 aliphatic rings. The Morgan fingerprint density at radius 1 is 1.33 bits per heavy atom. The first-order chi connectivity index (χ1) is 8.76. The second-order valence-electron chi connectivity index (χ2n) is 3.95. The molecule has 2 heterocycles. The lowest BCUT2D eigenvalue weighted by Crippen LogP contribution is -2.07. The van der Waals surface area contributed by atoms with Crippen LogP contribution >= 0.6 is 33.9 Å². The lowest BCUT2D eigenvalue weighted by Gasteiger charge is -2.11. The number of anilines is 1. The highest BCUT2D eigenvalue weighted by molar-refractivity contribution is 14.1. The van der Waals surface area contributed by atoms with Crippen LogP contribution in [0.4, 0.5) is 5.82 Å². The summed E-state index contributed by atoms with van der Waals surface area (Å²) >= 11 is 4.01. The first-order valence-electron chi connectivity index (χ1n) is 6.09. The maximum absolute atomic E-state index is 4.70. The van der Waals surface area contributed by atoms with Crippen molar-refractivity contribution in [2.24, 2.45) is 0 Å². The molecular formula is C13H16IN3S. The molecule has 0 unspecified atom stereocenters. The summed E-state index contributed by atoms with van der Waals surface area (Å²) in [4.78, 5) is 9.32. The van der Waals surface area contributed by atoms with Gasteiger partial charge in [0, 0.05) is 17.5 Å². The van der Waals surface area contributed by atoms with E-state index in [1.807, 2.05) is 0 Å². The molecule has 0 aliphatic carbocycles. The number of halogens is 1. The van der Waals surface area contributed by atoms with E-state index in [9.17, 15) is 0 Å². The fourth-order valence-electron chi connectivity index (χ4n) is 1.70. The molecule has 0 aliphatic heterocycles. The van der Waals surface area contributed by atoms with Crippen molar-refractivity contribution in [3.05, 3.63) is 26.1 Å². The van der Waals surface area contributed by atoms with Gasteiger partial charge in [0.15, 0.2) is 5.82 Å². The molecule has 3 nitrogen and oxygen atoms in total. The summed E-state index contributed by atoms with van der Waals surface area (Å²) in [7, 11) is 0. The van der Waals surface area contributed by atoms with E-state index in [-0.39, 0.29) is 0 Å². The molecule has 2 aromatic heterocycles. The lowest BCUT2D eigenvalue weighted by atomic mass is 10.2. The molecule has 2 rings (SSSR count). The van der Waals surface area contributed by atoms with Crippen LogP contribution in [0.3, 0.4) is 0 Å². The van der Waals surface area contributed by atoms with Crippen LogP contribution in [0.25, 0.3) is 11.4 Å². The van der Waals surface area contributed by atoms with Gasteiger partial charge < -0.3 is 5.32 Å². The van der Waals surface area contributed by atoms with Crippen molar-refractivity contribution in [2.45, 2.75) is 26.7 Å². The summed E-state index contributed by atoms with van der Waals surface area (Å²) in [6.45, 7) is 5.14. The number of aromatic nitrogens is 2. The monoisotopic (exact) mass is 373 g/mol. The molecule has 0 saturated heterocycles. The van der Waals surface area contributed by atoms with E-state index in [0.717, 1.165) is 45.9 Å². The minimum atomic E-state index is 0.830. The number of nitrogens with zero attached hydrogens (tertiary/aromatic N) is 2. The first kappa shape index (κ1) is 13.7. The third kappa shape index (κ3) is 3.00. The van der Waals surface area contributed by atoms with Gasteiger partial charge >= 0.3 is 0 Å². The molecule has 0 atom stereocenters. The summed E-state index contributed by atoms with van der Waals surface area (Å²) in [5, 5.41) is 7.47. The second kappa shape index (κ2) is 6.47. The second-order valence-corrected chi connectivity index (χ2v) is 5.81. The fraction of sp³-hybridized carbons (Fsp3) is 0.385. The van der Waals surface area contributed by atoms with Gasteiger partial charge in [0.1, 0.15) is 5.82 Å². The molecule has 0 saturated carbocycles. The van der Waals surface area contributed by atoms with Gasteiger partial charge in [-0.2, -0.15) is 11.3 Å². The van der Waals surface area contributed by atoms with E-state index in [4.69, 9.17) is 4.98 Å². The summed E-state index contributed by atoms with van der Waals surface area (Å²) in [6.07, 6.45) is 2.10. The van der Waals surface area contributed by atoms with Crippen LogP contribution in [0.1, 0.15) is 26.0 Å². The highest BCUT2D eigenvalue weighted by Crippen LogP contribution is 2.26. The Kier molecular flexibility index (Phi) is 4.94. The molecule has 0 aromatic carbocycles. The van der Waals surface area contributed by atoms with Crippen molar-refractivity contribution in [1.29, 1.82) is 0 Å². The van der Waals surface area contributed by atoms with Gasteiger partial charge in [-0.15, -0.1) is 0 Å². The average molecular weight is 373 g/mol. The van der Waals surface area contributed by atoms with Gasteiger partial charge in [0.2, 0.25) is 0 Å². The van der Waals surface area contributed by atoms with Gasteiger partial charge in [-0.1, -0.05) is 13.3 Å². The lowest BCUT2D eigenvalue weighted by molar-refractivity contribution is 0.867. The average Bonchev–Trinajstić information content (AvgIpc) is 2.88. The minimum Gasteiger partial charge on any atom is -0.369 e. The number of aryl methyl sites for hydroxylation is 1. The molecule has 18 heavy (non-hydrogen) atoms. The molecule has 0 amide bonds. The van der Waals surface area contributed by atoms with E-state index in [1.54, 1.807) is 11.3 Å². The van der Waals surface area contributed by atoms with Crippen LogP contribution in [0.5, 0.6) is 0 Å². The Bertz CT molecular complexity index is 484. The topological polar surface area (TPSA) is 37.8 Å². The highest BCUT2D eigenvalue weighted by atomic mass is 127. The van der Waals surface area contributed by atoms with Crippen LogP contribution in [0.15, 0.2) is 16.8 Å². The molecule has 5 heteroatoms. The predicted molar refractivity (Wildman–Crippen MR) is 86.2 cm³/mol. The molecule has 0 spiro atoms. The van der Waals surface area contributed by atoms with Crippen LogP contribution in [-0.4, -0.2) is 16.5 Å². The first-order valence-corrected chi connectivity index (χ1v) is 8.11. The van der Waals surface area contributed by atoms with Gasteiger partial charge in [-0.25, -0.2) is 9.97 Å². The van der Waals surface area contributed by atoms with E-state index < -0.39 is 0 Å². The van der Waals surface area contributed by atoms with Gasteiger partial charge in [-0.3, -0.25) is 0 Å². The Hall–Kier alpha value is -0.690. The molecule has 0 fully saturated rings. The summed E-state index contributed by atoms with van der Waals surface area (Å²) in [5.74, 6) is 1.79. The van der Waals surface area contributed by atoms with Crippen molar-refractivity contribution < 1.29 is 0 Å². The Labute approximate surface area is 125 Å². The fourth-order valence-corrected chi connectivity index (χ4v) is 3.04.